The molecule has 198 valence electrons. The molecule has 0 aliphatic carbocycles. The van der Waals surface area contributed by atoms with Gasteiger partial charge < -0.3 is 19.5 Å². The van der Waals surface area contributed by atoms with Crippen LogP contribution in [-0.2, 0) is 14.3 Å². The van der Waals surface area contributed by atoms with Crippen LogP contribution in [0.5, 0.6) is 5.75 Å². The molecule has 0 bridgehead atoms. The Morgan fingerprint density at radius 1 is 1.05 bits per heavy atom. The van der Waals surface area contributed by atoms with Crippen molar-refractivity contribution in [2.75, 3.05) is 46.5 Å². The zero-order valence-corrected chi connectivity index (χ0v) is 21.7. The van der Waals surface area contributed by atoms with E-state index in [1.807, 2.05) is 55.5 Å². The summed E-state index contributed by atoms with van der Waals surface area (Å²) in [6, 6.07) is 16.1. The number of benzene rings is 2. The van der Waals surface area contributed by atoms with Crippen molar-refractivity contribution in [1.29, 1.82) is 0 Å². The van der Waals surface area contributed by atoms with E-state index in [1.54, 1.807) is 22.8 Å². The Bertz CT molecular complexity index is 1340. The van der Waals surface area contributed by atoms with E-state index in [1.165, 1.54) is 6.20 Å². The third kappa shape index (κ3) is 4.82. The summed E-state index contributed by atoms with van der Waals surface area (Å²) >= 11 is 0. The zero-order valence-electron chi connectivity index (χ0n) is 21.7. The molecule has 5 rings (SSSR count). The van der Waals surface area contributed by atoms with E-state index < -0.39 is 17.7 Å². The lowest BCUT2D eigenvalue weighted by atomic mass is 9.94. The van der Waals surface area contributed by atoms with Crippen molar-refractivity contribution in [3.8, 4) is 11.4 Å². The van der Waals surface area contributed by atoms with Crippen molar-refractivity contribution in [2.24, 2.45) is 0 Å². The van der Waals surface area contributed by atoms with Crippen molar-refractivity contribution < 1.29 is 24.2 Å². The maximum Gasteiger partial charge on any atom is 0.295 e. The molecule has 2 saturated heterocycles. The number of aliphatic hydroxyl groups excluding tert-OH is 1. The summed E-state index contributed by atoms with van der Waals surface area (Å²) in [6.45, 7) is 6.06. The number of rotatable bonds is 8. The molecule has 38 heavy (non-hydrogen) atoms. The number of aliphatic hydroxyl groups is 1. The highest BCUT2D eigenvalue weighted by Gasteiger charge is 2.47. The van der Waals surface area contributed by atoms with E-state index in [2.05, 4.69) is 10.00 Å². The molecule has 0 spiro atoms. The number of hydrogen-bond donors (Lipinski definition) is 1. The Kier molecular flexibility index (Phi) is 7.57. The van der Waals surface area contributed by atoms with Crippen LogP contribution in [0.2, 0.25) is 0 Å². The molecular weight excluding hydrogens is 484 g/mol. The van der Waals surface area contributed by atoms with Crippen molar-refractivity contribution in [2.45, 2.75) is 19.4 Å². The Hall–Kier alpha value is -3.95. The monoisotopic (exact) mass is 516 g/mol. The second-order valence-corrected chi connectivity index (χ2v) is 9.43. The summed E-state index contributed by atoms with van der Waals surface area (Å²) in [7, 11) is 1.55. The van der Waals surface area contributed by atoms with Crippen LogP contribution in [0, 0.1) is 6.92 Å². The predicted octanol–water partition coefficient (Wildman–Crippen LogP) is 3.33. The summed E-state index contributed by atoms with van der Waals surface area (Å²) < 4.78 is 12.7. The van der Waals surface area contributed by atoms with Crippen LogP contribution < -0.4 is 4.74 Å². The summed E-state index contributed by atoms with van der Waals surface area (Å²) in [6.07, 6.45) is 2.21. The Morgan fingerprint density at radius 2 is 1.76 bits per heavy atom. The average Bonchev–Trinajstić information content (AvgIpc) is 3.46. The number of para-hydroxylation sites is 2. The molecule has 1 amide bonds. The first-order valence-corrected chi connectivity index (χ1v) is 12.8. The Morgan fingerprint density at radius 3 is 2.50 bits per heavy atom. The molecule has 3 aromatic rings. The molecule has 2 fully saturated rings. The molecule has 1 atom stereocenters. The predicted molar refractivity (Wildman–Crippen MR) is 142 cm³/mol. The second kappa shape index (κ2) is 11.2. The summed E-state index contributed by atoms with van der Waals surface area (Å²) in [5.74, 6) is -1.04. The first-order chi connectivity index (χ1) is 18.5. The average molecular weight is 517 g/mol. The summed E-state index contributed by atoms with van der Waals surface area (Å²) in [5.41, 5.74) is 2.58. The van der Waals surface area contributed by atoms with Gasteiger partial charge in [0.1, 0.15) is 11.5 Å². The van der Waals surface area contributed by atoms with Gasteiger partial charge in [0, 0.05) is 31.7 Å². The van der Waals surface area contributed by atoms with E-state index >= 15 is 0 Å². The fourth-order valence-electron chi connectivity index (χ4n) is 5.23. The number of Topliss-reactive ketones (excluding diaryl/α,β-unsaturated/α-hetero) is 1. The van der Waals surface area contributed by atoms with Gasteiger partial charge in [0.2, 0.25) is 0 Å². The molecule has 2 aliphatic heterocycles. The molecule has 0 unspecified atom stereocenters. The van der Waals surface area contributed by atoms with Gasteiger partial charge in [-0.3, -0.25) is 14.5 Å². The number of ether oxygens (including phenoxy) is 2. The van der Waals surface area contributed by atoms with Gasteiger partial charge in [-0.15, -0.1) is 0 Å². The highest BCUT2D eigenvalue weighted by atomic mass is 16.5. The van der Waals surface area contributed by atoms with Crippen molar-refractivity contribution >= 4 is 17.4 Å². The molecule has 0 saturated carbocycles. The lowest BCUT2D eigenvalue weighted by Crippen LogP contribution is -2.39. The third-order valence-electron chi connectivity index (χ3n) is 7.22. The summed E-state index contributed by atoms with van der Waals surface area (Å²) in [4.78, 5) is 30.7. The van der Waals surface area contributed by atoms with Gasteiger partial charge in [-0.25, -0.2) is 4.68 Å². The van der Waals surface area contributed by atoms with Gasteiger partial charge in [-0.1, -0.05) is 36.4 Å². The number of carbonyl (C=O) groups is 2. The van der Waals surface area contributed by atoms with Crippen LogP contribution in [0.1, 0.15) is 29.3 Å². The van der Waals surface area contributed by atoms with Crippen molar-refractivity contribution in [1.82, 2.24) is 19.6 Å². The van der Waals surface area contributed by atoms with Gasteiger partial charge in [-0.05, 0) is 31.5 Å². The molecule has 1 aromatic heterocycles. The molecule has 9 nitrogen and oxygen atoms in total. The first kappa shape index (κ1) is 25.7. The fraction of sp³-hybridized carbons (Fsp3) is 0.345. The van der Waals surface area contributed by atoms with Crippen molar-refractivity contribution in [3.05, 3.63) is 83.2 Å². The normalized spacial score (nSPS) is 19.7. The van der Waals surface area contributed by atoms with Crippen molar-refractivity contribution in [3.63, 3.8) is 0 Å². The quantitative estimate of drug-likeness (QED) is 0.279. The number of methoxy groups -OCH3 is 1. The fourth-order valence-corrected chi connectivity index (χ4v) is 5.23. The number of ketones is 1. The zero-order chi connectivity index (χ0) is 26.6. The van der Waals surface area contributed by atoms with E-state index in [4.69, 9.17) is 9.47 Å². The highest BCUT2D eigenvalue weighted by Crippen LogP contribution is 2.43. The first-order valence-electron chi connectivity index (χ1n) is 12.8. The molecule has 2 aliphatic rings. The molecule has 2 aromatic carbocycles. The summed E-state index contributed by atoms with van der Waals surface area (Å²) in [5, 5.41) is 16.0. The smallest absolute Gasteiger partial charge is 0.295 e. The van der Waals surface area contributed by atoms with Crippen LogP contribution in [0.15, 0.2) is 66.4 Å². The van der Waals surface area contributed by atoms with Crippen LogP contribution in [0.4, 0.5) is 0 Å². The largest absolute Gasteiger partial charge is 0.507 e. The minimum atomic E-state index is -0.782. The number of aromatic nitrogens is 2. The van der Waals surface area contributed by atoms with Crippen LogP contribution in [-0.4, -0.2) is 82.9 Å². The van der Waals surface area contributed by atoms with E-state index in [0.29, 0.717) is 48.7 Å². The molecular formula is C29H32N4O5. The molecule has 1 N–H and O–H groups in total. The SMILES string of the molecule is COc1ccccc1[C@@H]1/C(=C(\O)c2cnn(-c3ccccc3)c2C)C(=O)C(=O)N1CCCN1CCOCC1. The van der Waals surface area contributed by atoms with Crippen LogP contribution >= 0.6 is 0 Å². The Balaban J connectivity index is 1.54. The minimum absolute atomic E-state index is 0.0431. The minimum Gasteiger partial charge on any atom is -0.507 e. The van der Waals surface area contributed by atoms with E-state index in [-0.39, 0.29) is 11.3 Å². The Labute approximate surface area is 221 Å². The maximum absolute atomic E-state index is 13.5. The van der Waals surface area contributed by atoms with Gasteiger partial charge in [0.15, 0.2) is 0 Å². The van der Waals surface area contributed by atoms with Gasteiger partial charge in [0.05, 0.1) is 55.1 Å². The topological polar surface area (TPSA) is 97.1 Å². The number of amides is 1. The molecule has 0 radical (unpaired) electrons. The molecule has 9 heteroatoms. The van der Waals surface area contributed by atoms with Crippen LogP contribution in [0.25, 0.3) is 11.4 Å². The van der Waals surface area contributed by atoms with Gasteiger partial charge >= 0.3 is 0 Å². The third-order valence-corrected chi connectivity index (χ3v) is 7.22. The number of hydrogen-bond acceptors (Lipinski definition) is 7. The number of nitrogens with zero attached hydrogens (tertiary/aromatic N) is 4. The van der Waals surface area contributed by atoms with E-state index in [9.17, 15) is 14.7 Å². The number of carbonyl (C=O) groups excluding carboxylic acids is 2. The maximum atomic E-state index is 13.5. The standard InChI is InChI=1S/C29H32N4O5/c1-20-23(19-30-33(20)21-9-4-3-5-10-21)27(34)25-26(22-11-6-7-12-24(22)37-2)32(29(36)28(25)35)14-8-13-31-15-17-38-18-16-31/h3-7,9-12,19,26,34H,8,13-18H2,1-2H3/b27-25+/t26-/m1/s1. The second-order valence-electron chi connectivity index (χ2n) is 9.43. The van der Waals surface area contributed by atoms with E-state index in [0.717, 1.165) is 25.3 Å². The van der Waals surface area contributed by atoms with Gasteiger partial charge in [0.25, 0.3) is 11.7 Å². The lowest BCUT2D eigenvalue weighted by molar-refractivity contribution is -0.140. The highest BCUT2D eigenvalue weighted by molar-refractivity contribution is 6.46. The number of morpholine rings is 1. The van der Waals surface area contributed by atoms with Crippen LogP contribution in [0.3, 0.4) is 0 Å². The lowest BCUT2D eigenvalue weighted by Gasteiger charge is -2.29. The number of likely N-dealkylation sites (tertiary alicyclic amines) is 1. The van der Waals surface area contributed by atoms with Gasteiger partial charge in [-0.2, -0.15) is 5.10 Å². The molecule has 3 heterocycles.